The van der Waals surface area contributed by atoms with Crippen molar-refractivity contribution in [2.75, 3.05) is 6.54 Å². The molecule has 120 valence electrons. The molecule has 4 heteroatoms. The molecule has 4 nitrogen and oxygen atoms in total. The van der Waals surface area contributed by atoms with Crippen LogP contribution < -0.4 is 10.9 Å². The lowest BCUT2D eigenvalue weighted by Crippen LogP contribution is -2.32. The normalized spacial score (nSPS) is 13.0. The number of nitrogens with zero attached hydrogens (tertiary/aromatic N) is 2. The van der Waals surface area contributed by atoms with E-state index in [2.05, 4.69) is 26.1 Å². The van der Waals surface area contributed by atoms with Gasteiger partial charge in [0.2, 0.25) is 0 Å². The topological polar surface area (TPSA) is 46.9 Å². The number of rotatable bonds is 7. The molecule has 0 aliphatic heterocycles. The smallest absolute Gasteiger partial charge is 0.261 e. The predicted molar refractivity (Wildman–Crippen MR) is 92.2 cm³/mol. The summed E-state index contributed by atoms with van der Waals surface area (Å²) in [4.78, 5) is 17.5. The summed E-state index contributed by atoms with van der Waals surface area (Å²) in [7, 11) is 0. The molecule has 0 spiro atoms. The summed E-state index contributed by atoms with van der Waals surface area (Å²) in [5.74, 6) is 1.53. The van der Waals surface area contributed by atoms with E-state index in [1.165, 1.54) is 0 Å². The van der Waals surface area contributed by atoms with Crippen molar-refractivity contribution in [3.8, 4) is 0 Å². The van der Waals surface area contributed by atoms with Gasteiger partial charge in [-0.2, -0.15) is 0 Å². The van der Waals surface area contributed by atoms with Gasteiger partial charge >= 0.3 is 0 Å². The minimum Gasteiger partial charge on any atom is -0.307 e. The van der Waals surface area contributed by atoms with Gasteiger partial charge in [-0.05, 0) is 44.4 Å². The van der Waals surface area contributed by atoms with Gasteiger partial charge in [0.15, 0.2) is 0 Å². The third kappa shape index (κ3) is 3.55. The molecule has 2 rings (SSSR count). The first-order valence-corrected chi connectivity index (χ1v) is 8.31. The van der Waals surface area contributed by atoms with E-state index in [1.54, 1.807) is 4.57 Å². The highest BCUT2D eigenvalue weighted by Gasteiger charge is 2.17. The van der Waals surface area contributed by atoms with E-state index in [1.807, 2.05) is 31.2 Å². The zero-order valence-corrected chi connectivity index (χ0v) is 14.1. The number of benzene rings is 1. The second-order valence-electron chi connectivity index (χ2n) is 6.13. The molecule has 2 aromatic rings. The Kier molecular flexibility index (Phi) is 5.72. The third-order valence-corrected chi connectivity index (χ3v) is 4.04. The highest BCUT2D eigenvalue weighted by Crippen LogP contribution is 2.17. The summed E-state index contributed by atoms with van der Waals surface area (Å²) < 4.78 is 1.80. The zero-order chi connectivity index (χ0) is 16.1. The van der Waals surface area contributed by atoms with Crippen LogP contribution in [0, 0.1) is 5.92 Å². The Morgan fingerprint density at radius 2 is 1.95 bits per heavy atom. The standard InChI is InChI=1S/C18H27N3O/c1-5-15(19-12-11-13(3)4)17-20-16-10-8-7-9-14(16)18(22)21(17)6-2/h7-10,13,15,19H,5-6,11-12H2,1-4H3/t15-/m1/s1. The first-order valence-electron chi connectivity index (χ1n) is 8.31. The quantitative estimate of drug-likeness (QED) is 0.851. The van der Waals surface area contributed by atoms with Crippen molar-refractivity contribution in [3.63, 3.8) is 0 Å². The van der Waals surface area contributed by atoms with E-state index < -0.39 is 0 Å². The number of aromatic nitrogens is 2. The van der Waals surface area contributed by atoms with Gasteiger partial charge < -0.3 is 5.32 Å². The van der Waals surface area contributed by atoms with Gasteiger partial charge in [-0.15, -0.1) is 0 Å². The fraction of sp³-hybridized carbons (Fsp3) is 0.556. The van der Waals surface area contributed by atoms with Gasteiger partial charge in [-0.3, -0.25) is 9.36 Å². The van der Waals surface area contributed by atoms with Gasteiger partial charge in [-0.1, -0.05) is 32.9 Å². The van der Waals surface area contributed by atoms with Crippen molar-refractivity contribution < 1.29 is 0 Å². The fourth-order valence-electron chi connectivity index (χ4n) is 2.72. The molecule has 1 atom stereocenters. The molecule has 0 aliphatic carbocycles. The molecule has 22 heavy (non-hydrogen) atoms. The molecule has 1 aromatic carbocycles. The van der Waals surface area contributed by atoms with E-state index in [9.17, 15) is 4.79 Å². The Morgan fingerprint density at radius 3 is 2.59 bits per heavy atom. The number of nitrogens with one attached hydrogen (secondary N) is 1. The number of hydrogen-bond donors (Lipinski definition) is 1. The number of para-hydroxylation sites is 1. The van der Waals surface area contributed by atoms with Crippen LogP contribution in [0.5, 0.6) is 0 Å². The Bertz CT molecular complexity index is 676. The molecule has 0 saturated heterocycles. The van der Waals surface area contributed by atoms with Crippen molar-refractivity contribution in [2.45, 2.75) is 53.1 Å². The zero-order valence-electron chi connectivity index (χ0n) is 14.1. The molecule has 0 radical (unpaired) electrons. The fourth-order valence-corrected chi connectivity index (χ4v) is 2.72. The molecule has 1 aromatic heterocycles. The molecule has 0 bridgehead atoms. The lowest BCUT2D eigenvalue weighted by molar-refractivity contribution is 0.436. The van der Waals surface area contributed by atoms with E-state index >= 15 is 0 Å². The summed E-state index contributed by atoms with van der Waals surface area (Å²) in [6.07, 6.45) is 2.04. The van der Waals surface area contributed by atoms with Gasteiger partial charge in [0.1, 0.15) is 5.82 Å². The highest BCUT2D eigenvalue weighted by molar-refractivity contribution is 5.77. The Labute approximate surface area is 132 Å². The lowest BCUT2D eigenvalue weighted by Gasteiger charge is -2.21. The molecular weight excluding hydrogens is 274 g/mol. The molecule has 0 aliphatic rings. The summed E-state index contributed by atoms with van der Waals surface area (Å²) in [6, 6.07) is 7.72. The van der Waals surface area contributed by atoms with Crippen LogP contribution in [-0.2, 0) is 6.54 Å². The largest absolute Gasteiger partial charge is 0.307 e. The SMILES string of the molecule is CC[C@@H](NCCC(C)C)c1nc2ccccc2c(=O)n1CC. The molecule has 0 amide bonds. The average Bonchev–Trinajstić information content (AvgIpc) is 2.51. The molecule has 1 heterocycles. The predicted octanol–water partition coefficient (Wildman–Crippen LogP) is 3.50. The first kappa shape index (κ1) is 16.7. The minimum absolute atomic E-state index is 0.0622. The van der Waals surface area contributed by atoms with Gasteiger partial charge in [0.05, 0.1) is 16.9 Å². The lowest BCUT2D eigenvalue weighted by atomic mass is 10.1. The van der Waals surface area contributed by atoms with Crippen LogP contribution in [0.25, 0.3) is 10.9 Å². The van der Waals surface area contributed by atoms with E-state index in [-0.39, 0.29) is 11.6 Å². The Hall–Kier alpha value is -1.68. The summed E-state index contributed by atoms with van der Waals surface area (Å²) in [5, 5.41) is 4.26. The van der Waals surface area contributed by atoms with E-state index in [4.69, 9.17) is 4.98 Å². The van der Waals surface area contributed by atoms with Crippen molar-refractivity contribution >= 4 is 10.9 Å². The van der Waals surface area contributed by atoms with E-state index in [0.29, 0.717) is 17.8 Å². The van der Waals surface area contributed by atoms with Crippen molar-refractivity contribution in [3.05, 3.63) is 40.4 Å². The monoisotopic (exact) mass is 301 g/mol. The molecule has 0 fully saturated rings. The van der Waals surface area contributed by atoms with E-state index in [0.717, 1.165) is 30.7 Å². The maximum atomic E-state index is 12.7. The first-order chi connectivity index (χ1) is 10.6. The second kappa shape index (κ2) is 7.54. The van der Waals surface area contributed by atoms with Crippen LogP contribution in [0.1, 0.15) is 52.4 Å². The summed E-state index contributed by atoms with van der Waals surface area (Å²) >= 11 is 0. The van der Waals surface area contributed by atoms with Crippen LogP contribution in [-0.4, -0.2) is 16.1 Å². The van der Waals surface area contributed by atoms with Crippen LogP contribution in [0.2, 0.25) is 0 Å². The van der Waals surface area contributed by atoms with Gasteiger partial charge in [0.25, 0.3) is 5.56 Å². The van der Waals surface area contributed by atoms with Crippen LogP contribution in [0.4, 0.5) is 0 Å². The number of hydrogen-bond acceptors (Lipinski definition) is 3. The van der Waals surface area contributed by atoms with Crippen LogP contribution in [0.3, 0.4) is 0 Å². The average molecular weight is 301 g/mol. The maximum absolute atomic E-state index is 12.7. The second-order valence-corrected chi connectivity index (χ2v) is 6.13. The molecule has 1 N–H and O–H groups in total. The third-order valence-electron chi connectivity index (χ3n) is 4.04. The van der Waals surface area contributed by atoms with Crippen molar-refractivity contribution in [1.82, 2.24) is 14.9 Å². The van der Waals surface area contributed by atoms with Crippen molar-refractivity contribution in [2.24, 2.45) is 5.92 Å². The summed E-state index contributed by atoms with van der Waals surface area (Å²) in [5.41, 5.74) is 0.850. The Balaban J connectivity index is 2.41. The Morgan fingerprint density at radius 1 is 1.23 bits per heavy atom. The van der Waals surface area contributed by atoms with Crippen molar-refractivity contribution in [1.29, 1.82) is 0 Å². The molecule has 0 unspecified atom stereocenters. The minimum atomic E-state index is 0.0622. The molecule has 0 saturated carbocycles. The van der Waals surface area contributed by atoms with Gasteiger partial charge in [-0.25, -0.2) is 4.98 Å². The maximum Gasteiger partial charge on any atom is 0.261 e. The highest BCUT2D eigenvalue weighted by atomic mass is 16.1. The summed E-state index contributed by atoms with van der Waals surface area (Å²) in [6.45, 7) is 10.2. The van der Waals surface area contributed by atoms with Crippen LogP contribution in [0.15, 0.2) is 29.1 Å². The molecular formula is C18H27N3O. The number of fused-ring (bicyclic) bond motifs is 1. The van der Waals surface area contributed by atoms with Crippen LogP contribution >= 0.6 is 0 Å². The van der Waals surface area contributed by atoms with Gasteiger partial charge in [0, 0.05) is 6.54 Å².